The van der Waals surface area contributed by atoms with E-state index in [2.05, 4.69) is 10.2 Å². The molecule has 1 aliphatic rings. The summed E-state index contributed by atoms with van der Waals surface area (Å²) < 4.78 is 11.5. The van der Waals surface area contributed by atoms with Gasteiger partial charge in [-0.1, -0.05) is 31.0 Å². The van der Waals surface area contributed by atoms with Crippen molar-refractivity contribution in [1.82, 2.24) is 4.90 Å². The zero-order chi connectivity index (χ0) is 18.8. The van der Waals surface area contributed by atoms with Gasteiger partial charge in [0.25, 0.3) is 0 Å². The Morgan fingerprint density at radius 3 is 2.56 bits per heavy atom. The number of ether oxygens (including phenoxy) is 1. The molecule has 1 atom stereocenters. The molecule has 5 heteroatoms. The number of furan rings is 1. The molecule has 5 nitrogen and oxygen atoms in total. The van der Waals surface area contributed by atoms with E-state index >= 15 is 0 Å². The Kier molecular flexibility index (Phi) is 5.03. The third-order valence-electron chi connectivity index (χ3n) is 5.52. The van der Waals surface area contributed by atoms with Crippen LogP contribution in [0.2, 0.25) is 0 Å². The average Bonchev–Trinajstić information content (AvgIpc) is 2.85. The van der Waals surface area contributed by atoms with Crippen LogP contribution in [0.25, 0.3) is 21.9 Å². The number of anilines is 1. The molecule has 3 aromatic rings. The van der Waals surface area contributed by atoms with E-state index in [-0.39, 0.29) is 11.9 Å². The Hall–Kier alpha value is -2.53. The summed E-state index contributed by atoms with van der Waals surface area (Å²) in [7, 11) is 1.62. The zero-order valence-electron chi connectivity index (χ0n) is 16.0. The summed E-state index contributed by atoms with van der Waals surface area (Å²) in [5.41, 5.74) is 2.22. The van der Waals surface area contributed by atoms with Crippen molar-refractivity contribution >= 4 is 33.5 Å². The summed E-state index contributed by atoms with van der Waals surface area (Å²) in [6, 6.07) is 11.5. The Balaban J connectivity index is 1.62. The maximum Gasteiger partial charge on any atom is 0.241 e. The Morgan fingerprint density at radius 2 is 1.81 bits per heavy atom. The van der Waals surface area contributed by atoms with Crippen molar-refractivity contribution in [2.75, 3.05) is 25.5 Å². The van der Waals surface area contributed by atoms with Gasteiger partial charge in [0, 0.05) is 16.8 Å². The number of likely N-dealkylation sites (tertiary alicyclic amines) is 1. The molecule has 1 fully saturated rings. The standard InChI is InChI=1S/C22H26N2O3/c1-15(24-11-7-3-4-8-12-24)22(25)23-18-14-20-17(13-21(18)26-2)16-9-5-6-10-19(16)27-20/h5-6,9-10,13-15H,3-4,7-8,11-12H2,1-2H3,(H,23,25). The first-order valence-electron chi connectivity index (χ1n) is 9.71. The highest BCUT2D eigenvalue weighted by molar-refractivity contribution is 6.08. The maximum absolute atomic E-state index is 12.9. The van der Waals surface area contributed by atoms with Gasteiger partial charge in [0.1, 0.15) is 16.9 Å². The second-order valence-corrected chi connectivity index (χ2v) is 7.26. The Bertz CT molecular complexity index is 955. The van der Waals surface area contributed by atoms with Gasteiger partial charge in [-0.05, 0) is 45.0 Å². The van der Waals surface area contributed by atoms with Gasteiger partial charge in [-0.2, -0.15) is 0 Å². The summed E-state index contributed by atoms with van der Waals surface area (Å²) in [6.45, 7) is 3.94. The van der Waals surface area contributed by atoms with Crippen LogP contribution in [0, 0.1) is 0 Å². The quantitative estimate of drug-likeness (QED) is 0.721. The molecule has 2 aromatic carbocycles. The smallest absolute Gasteiger partial charge is 0.241 e. The number of hydrogen-bond donors (Lipinski definition) is 1. The molecular formula is C22H26N2O3. The van der Waals surface area contributed by atoms with Crippen molar-refractivity contribution in [2.45, 2.75) is 38.6 Å². The van der Waals surface area contributed by atoms with Crippen LogP contribution in [0.4, 0.5) is 5.69 Å². The number of amides is 1. The van der Waals surface area contributed by atoms with Crippen molar-refractivity contribution in [2.24, 2.45) is 0 Å². The summed E-state index contributed by atoms with van der Waals surface area (Å²) in [6.07, 6.45) is 4.82. The third kappa shape index (κ3) is 3.52. The molecule has 0 aliphatic carbocycles. The van der Waals surface area contributed by atoms with Gasteiger partial charge >= 0.3 is 0 Å². The lowest BCUT2D eigenvalue weighted by Gasteiger charge is -2.26. The molecule has 0 spiro atoms. The number of rotatable bonds is 4. The van der Waals surface area contributed by atoms with Crippen LogP contribution in [0.15, 0.2) is 40.8 Å². The monoisotopic (exact) mass is 366 g/mol. The predicted octanol–water partition coefficient (Wildman–Crippen LogP) is 4.80. The highest BCUT2D eigenvalue weighted by Crippen LogP contribution is 2.36. The van der Waals surface area contributed by atoms with Crippen LogP contribution < -0.4 is 10.1 Å². The summed E-state index contributed by atoms with van der Waals surface area (Å²) in [5.74, 6) is 0.635. The van der Waals surface area contributed by atoms with E-state index in [1.165, 1.54) is 12.8 Å². The molecule has 0 bridgehead atoms. The Labute approximate surface area is 159 Å². The van der Waals surface area contributed by atoms with Gasteiger partial charge in [-0.15, -0.1) is 0 Å². The van der Waals surface area contributed by atoms with Gasteiger partial charge in [0.2, 0.25) is 5.91 Å². The van der Waals surface area contributed by atoms with E-state index in [0.29, 0.717) is 11.4 Å². The molecule has 2 heterocycles. The lowest BCUT2D eigenvalue weighted by atomic mass is 10.1. The second-order valence-electron chi connectivity index (χ2n) is 7.26. The molecule has 1 N–H and O–H groups in total. The van der Waals surface area contributed by atoms with E-state index < -0.39 is 0 Å². The minimum Gasteiger partial charge on any atom is -0.495 e. The molecule has 142 valence electrons. The van der Waals surface area contributed by atoms with Gasteiger partial charge < -0.3 is 14.5 Å². The second kappa shape index (κ2) is 7.61. The van der Waals surface area contributed by atoms with Crippen LogP contribution >= 0.6 is 0 Å². The number of fused-ring (bicyclic) bond motifs is 3. The van der Waals surface area contributed by atoms with Crippen LogP contribution in [0.1, 0.15) is 32.6 Å². The number of methoxy groups -OCH3 is 1. The molecule has 27 heavy (non-hydrogen) atoms. The fourth-order valence-corrected chi connectivity index (χ4v) is 3.90. The molecule has 1 aliphatic heterocycles. The average molecular weight is 366 g/mol. The van der Waals surface area contributed by atoms with Crippen LogP contribution in [0.3, 0.4) is 0 Å². The van der Waals surface area contributed by atoms with Crippen LogP contribution in [-0.4, -0.2) is 37.0 Å². The largest absolute Gasteiger partial charge is 0.495 e. The fourth-order valence-electron chi connectivity index (χ4n) is 3.90. The van der Waals surface area contributed by atoms with Crippen molar-refractivity contribution in [3.63, 3.8) is 0 Å². The predicted molar refractivity (Wildman–Crippen MR) is 108 cm³/mol. The van der Waals surface area contributed by atoms with Gasteiger partial charge in [0.05, 0.1) is 18.8 Å². The van der Waals surface area contributed by atoms with Crippen LogP contribution in [-0.2, 0) is 4.79 Å². The maximum atomic E-state index is 12.9. The molecule has 0 saturated carbocycles. The van der Waals surface area contributed by atoms with E-state index in [1.807, 2.05) is 43.3 Å². The summed E-state index contributed by atoms with van der Waals surface area (Å²) >= 11 is 0. The van der Waals surface area contributed by atoms with E-state index in [0.717, 1.165) is 47.9 Å². The van der Waals surface area contributed by atoms with Crippen LogP contribution in [0.5, 0.6) is 5.75 Å². The lowest BCUT2D eigenvalue weighted by Crippen LogP contribution is -2.42. The van der Waals surface area contributed by atoms with Gasteiger partial charge in [-0.3, -0.25) is 9.69 Å². The number of carbonyl (C=O) groups is 1. The van der Waals surface area contributed by atoms with E-state index in [9.17, 15) is 4.79 Å². The van der Waals surface area contributed by atoms with Crippen molar-refractivity contribution in [3.05, 3.63) is 36.4 Å². The minimum absolute atomic E-state index is 0.00865. The molecule has 1 aromatic heterocycles. The molecule has 1 amide bonds. The number of hydrogen-bond acceptors (Lipinski definition) is 4. The SMILES string of the molecule is COc1cc2c(cc1NC(=O)C(C)N1CCCCCC1)oc1ccccc12. The highest BCUT2D eigenvalue weighted by Gasteiger charge is 2.23. The molecular weight excluding hydrogens is 340 g/mol. The number of benzene rings is 2. The first-order valence-corrected chi connectivity index (χ1v) is 9.71. The van der Waals surface area contributed by atoms with Gasteiger partial charge in [-0.25, -0.2) is 0 Å². The number of nitrogens with zero attached hydrogens (tertiary/aromatic N) is 1. The molecule has 1 saturated heterocycles. The van der Waals surface area contributed by atoms with E-state index in [4.69, 9.17) is 9.15 Å². The highest BCUT2D eigenvalue weighted by atomic mass is 16.5. The molecule has 4 rings (SSSR count). The number of carbonyl (C=O) groups excluding carboxylic acids is 1. The first-order chi connectivity index (χ1) is 13.2. The minimum atomic E-state index is -0.167. The summed E-state index contributed by atoms with van der Waals surface area (Å²) in [4.78, 5) is 15.1. The van der Waals surface area contributed by atoms with Crippen molar-refractivity contribution < 1.29 is 13.9 Å². The third-order valence-corrected chi connectivity index (χ3v) is 5.52. The number of para-hydroxylation sites is 1. The zero-order valence-corrected chi connectivity index (χ0v) is 16.0. The molecule has 1 unspecified atom stereocenters. The molecule has 0 radical (unpaired) electrons. The topological polar surface area (TPSA) is 54.7 Å². The first kappa shape index (κ1) is 17.9. The van der Waals surface area contributed by atoms with Crippen molar-refractivity contribution in [1.29, 1.82) is 0 Å². The number of nitrogens with one attached hydrogen (secondary N) is 1. The fraction of sp³-hybridized carbons (Fsp3) is 0.409. The summed E-state index contributed by atoms with van der Waals surface area (Å²) in [5, 5.41) is 5.08. The normalized spacial score (nSPS) is 17.0. The van der Waals surface area contributed by atoms with Gasteiger partial charge in [0.15, 0.2) is 0 Å². The Morgan fingerprint density at radius 1 is 1.07 bits per heavy atom. The van der Waals surface area contributed by atoms with Crippen molar-refractivity contribution in [3.8, 4) is 5.75 Å². The lowest BCUT2D eigenvalue weighted by molar-refractivity contribution is -0.120. The van der Waals surface area contributed by atoms with E-state index in [1.54, 1.807) is 7.11 Å².